The number of ether oxygens (including phenoxy) is 1. The molecule has 1 unspecified atom stereocenters. The van der Waals surface area contributed by atoms with Crippen LogP contribution < -0.4 is 0 Å². The molecule has 0 aliphatic rings. The van der Waals surface area contributed by atoms with Gasteiger partial charge in [-0.15, -0.1) is 0 Å². The Morgan fingerprint density at radius 2 is 0.703 bits per heavy atom. The molecule has 222 valence electrons. The molecule has 0 aromatic carbocycles. The third kappa shape index (κ3) is 24.3. The van der Waals surface area contributed by atoms with Crippen molar-refractivity contribution in [2.45, 2.75) is 207 Å². The lowest BCUT2D eigenvalue weighted by molar-refractivity contribution is -0.156. The van der Waals surface area contributed by atoms with Gasteiger partial charge < -0.3 is 4.74 Å². The van der Waals surface area contributed by atoms with Crippen molar-refractivity contribution in [3.63, 3.8) is 0 Å². The Bertz CT molecular complexity index is 460. The summed E-state index contributed by atoms with van der Waals surface area (Å²) in [6.07, 6.45) is 36.6. The van der Waals surface area contributed by atoms with E-state index in [2.05, 4.69) is 27.7 Å². The van der Waals surface area contributed by atoms with Crippen LogP contribution in [-0.4, -0.2) is 12.6 Å². The number of hydrogen-bond donors (Lipinski definition) is 0. The Morgan fingerprint density at radius 1 is 0.432 bits per heavy atom. The van der Waals surface area contributed by atoms with Crippen LogP contribution in [0.25, 0.3) is 0 Å². The Hall–Kier alpha value is -0.530. The lowest BCUT2D eigenvalue weighted by atomic mass is 9.79. The molecule has 0 amide bonds. The summed E-state index contributed by atoms with van der Waals surface area (Å²) in [5.74, 6) is 0.0861. The Balaban J connectivity index is 4.14. The lowest BCUT2D eigenvalue weighted by Crippen LogP contribution is -2.30. The molecule has 37 heavy (non-hydrogen) atoms. The molecule has 0 aromatic rings. The highest BCUT2D eigenvalue weighted by molar-refractivity contribution is 5.76. The summed E-state index contributed by atoms with van der Waals surface area (Å²) in [6, 6.07) is 0. The van der Waals surface area contributed by atoms with Gasteiger partial charge in [0.05, 0.1) is 12.0 Å². The highest BCUT2D eigenvalue weighted by Gasteiger charge is 2.33. The van der Waals surface area contributed by atoms with Crippen molar-refractivity contribution >= 4 is 5.97 Å². The van der Waals surface area contributed by atoms with E-state index in [0.29, 0.717) is 6.61 Å². The maximum Gasteiger partial charge on any atom is 0.311 e. The van der Waals surface area contributed by atoms with Crippen molar-refractivity contribution in [1.29, 1.82) is 0 Å². The number of rotatable bonds is 30. The molecule has 1 atom stereocenters. The molecule has 0 heterocycles. The zero-order valence-corrected chi connectivity index (χ0v) is 26.3. The third-order valence-electron chi connectivity index (χ3n) is 8.39. The fourth-order valence-electron chi connectivity index (χ4n) is 5.56. The number of hydrogen-bond acceptors (Lipinski definition) is 2. The van der Waals surface area contributed by atoms with Crippen LogP contribution in [0.5, 0.6) is 0 Å². The van der Waals surface area contributed by atoms with Gasteiger partial charge in [0.2, 0.25) is 0 Å². The topological polar surface area (TPSA) is 26.3 Å². The van der Waals surface area contributed by atoms with Crippen LogP contribution >= 0.6 is 0 Å². The largest absolute Gasteiger partial charge is 0.465 e. The Kier molecular flexibility index (Phi) is 28.1. The molecule has 0 saturated carbocycles. The molecular formula is C35H70O2. The maximum atomic E-state index is 13.1. The van der Waals surface area contributed by atoms with Gasteiger partial charge in [-0.1, -0.05) is 181 Å². The Morgan fingerprint density at radius 3 is 1.03 bits per heavy atom. The molecule has 0 N–H and O–H groups in total. The third-order valence-corrected chi connectivity index (χ3v) is 8.39. The molecule has 0 spiro atoms. The summed E-state index contributed by atoms with van der Waals surface area (Å²) < 4.78 is 5.81. The van der Waals surface area contributed by atoms with E-state index in [9.17, 15) is 4.79 Å². The van der Waals surface area contributed by atoms with Gasteiger partial charge in [0.25, 0.3) is 0 Å². The minimum Gasteiger partial charge on any atom is -0.465 e. The summed E-state index contributed by atoms with van der Waals surface area (Å²) in [6.45, 7) is 9.62. The minimum absolute atomic E-state index is 0.0861. The van der Waals surface area contributed by atoms with Crippen LogP contribution in [0.1, 0.15) is 207 Å². The molecular weight excluding hydrogens is 452 g/mol. The standard InChI is InChI=1S/C35H70O2/c1-5-8-11-14-16-18-20-21-23-25-27-29-32-35(4,34(36)37-33-30-13-10-7-3)31-28-26-24-22-19-17-15-12-9-6-2/h5-33H2,1-4H3. The zero-order chi connectivity index (χ0) is 27.3. The number of carbonyl (C=O) groups excluding carboxylic acids is 1. The second kappa shape index (κ2) is 28.5. The van der Waals surface area contributed by atoms with Gasteiger partial charge in [-0.3, -0.25) is 4.79 Å². The summed E-state index contributed by atoms with van der Waals surface area (Å²) >= 11 is 0. The first-order valence-corrected chi connectivity index (χ1v) is 17.3. The molecule has 0 aliphatic heterocycles. The van der Waals surface area contributed by atoms with Gasteiger partial charge in [-0.05, 0) is 26.2 Å². The van der Waals surface area contributed by atoms with Crippen molar-refractivity contribution in [3.05, 3.63) is 0 Å². The number of esters is 1. The summed E-state index contributed by atoms with van der Waals surface area (Å²) in [5.41, 5.74) is -0.274. The van der Waals surface area contributed by atoms with Gasteiger partial charge >= 0.3 is 5.97 Å². The lowest BCUT2D eigenvalue weighted by Gasteiger charge is -2.27. The van der Waals surface area contributed by atoms with Crippen molar-refractivity contribution in [2.24, 2.45) is 5.41 Å². The van der Waals surface area contributed by atoms with Gasteiger partial charge in [0, 0.05) is 0 Å². The van der Waals surface area contributed by atoms with Gasteiger partial charge in [0.1, 0.15) is 0 Å². The molecule has 0 bridgehead atoms. The van der Waals surface area contributed by atoms with Gasteiger partial charge in [0.15, 0.2) is 0 Å². The minimum atomic E-state index is -0.274. The smallest absolute Gasteiger partial charge is 0.311 e. The van der Waals surface area contributed by atoms with Crippen molar-refractivity contribution in [2.75, 3.05) is 6.61 Å². The van der Waals surface area contributed by atoms with Crippen LogP contribution in [-0.2, 0) is 9.53 Å². The first-order chi connectivity index (χ1) is 18.1. The van der Waals surface area contributed by atoms with Crippen LogP contribution in [0.3, 0.4) is 0 Å². The number of carbonyl (C=O) groups is 1. The highest BCUT2D eigenvalue weighted by Crippen LogP contribution is 2.33. The number of unbranched alkanes of at least 4 members (excludes halogenated alkanes) is 23. The summed E-state index contributed by atoms with van der Waals surface area (Å²) in [5, 5.41) is 0. The summed E-state index contributed by atoms with van der Waals surface area (Å²) in [7, 11) is 0. The van der Waals surface area contributed by atoms with Crippen LogP contribution in [0.15, 0.2) is 0 Å². The van der Waals surface area contributed by atoms with E-state index >= 15 is 0 Å². The molecule has 0 saturated heterocycles. The second-order valence-electron chi connectivity index (χ2n) is 12.3. The average Bonchev–Trinajstić information content (AvgIpc) is 2.90. The van der Waals surface area contributed by atoms with Crippen molar-refractivity contribution < 1.29 is 9.53 Å². The first kappa shape index (κ1) is 36.5. The van der Waals surface area contributed by atoms with Gasteiger partial charge in [-0.25, -0.2) is 0 Å². The van der Waals surface area contributed by atoms with Gasteiger partial charge in [-0.2, -0.15) is 0 Å². The van der Waals surface area contributed by atoms with Crippen LogP contribution in [0.4, 0.5) is 0 Å². The maximum absolute atomic E-state index is 13.1. The predicted octanol–water partition coefficient (Wildman–Crippen LogP) is 12.5. The van der Waals surface area contributed by atoms with Crippen molar-refractivity contribution in [3.8, 4) is 0 Å². The summed E-state index contributed by atoms with van der Waals surface area (Å²) in [4.78, 5) is 13.1. The molecule has 0 rings (SSSR count). The van der Waals surface area contributed by atoms with E-state index in [1.165, 1.54) is 161 Å². The van der Waals surface area contributed by atoms with Crippen molar-refractivity contribution in [1.82, 2.24) is 0 Å². The first-order valence-electron chi connectivity index (χ1n) is 17.3. The second-order valence-corrected chi connectivity index (χ2v) is 12.3. The van der Waals surface area contributed by atoms with E-state index in [1.54, 1.807) is 0 Å². The SMILES string of the molecule is CCCCCCCCCCCCCCC(C)(CCCCCCCCCCCC)C(=O)OCCCCCC. The van der Waals surface area contributed by atoms with E-state index < -0.39 is 0 Å². The van der Waals surface area contributed by atoms with Crippen LogP contribution in [0, 0.1) is 5.41 Å². The van der Waals surface area contributed by atoms with E-state index in [1.807, 2.05) is 0 Å². The van der Waals surface area contributed by atoms with E-state index in [0.717, 1.165) is 19.3 Å². The molecule has 0 fully saturated rings. The fraction of sp³-hybridized carbons (Fsp3) is 0.971. The predicted molar refractivity (Wildman–Crippen MR) is 165 cm³/mol. The van der Waals surface area contributed by atoms with Crippen LogP contribution in [0.2, 0.25) is 0 Å². The van der Waals surface area contributed by atoms with E-state index in [4.69, 9.17) is 4.74 Å². The molecule has 2 heteroatoms. The molecule has 0 aliphatic carbocycles. The van der Waals surface area contributed by atoms with E-state index in [-0.39, 0.29) is 11.4 Å². The zero-order valence-electron chi connectivity index (χ0n) is 26.3. The monoisotopic (exact) mass is 523 g/mol. The molecule has 0 radical (unpaired) electrons. The molecule has 0 aromatic heterocycles. The quantitative estimate of drug-likeness (QED) is 0.0692. The normalized spacial score (nSPS) is 13.1. The average molecular weight is 523 g/mol. The molecule has 2 nitrogen and oxygen atoms in total. The highest BCUT2D eigenvalue weighted by atomic mass is 16.5. The fourth-order valence-corrected chi connectivity index (χ4v) is 5.56. The Labute approximate surface area is 234 Å².